The van der Waals surface area contributed by atoms with Crippen LogP contribution in [0.2, 0.25) is 0 Å². The largest absolute Gasteiger partial charge is 0.308 e. The fourth-order valence-electron chi connectivity index (χ4n) is 3.22. The van der Waals surface area contributed by atoms with E-state index in [1.165, 1.54) is 0 Å². The maximum atomic E-state index is 12.9. The molecule has 1 amide bonds. The molecule has 0 spiro atoms. The van der Waals surface area contributed by atoms with E-state index in [1.807, 2.05) is 31.2 Å². The minimum Gasteiger partial charge on any atom is -0.308 e. The number of amides is 1. The van der Waals surface area contributed by atoms with Crippen LogP contribution in [0.15, 0.2) is 51.7 Å². The highest BCUT2D eigenvalue weighted by Gasteiger charge is 2.32. The van der Waals surface area contributed by atoms with Crippen LogP contribution < -0.4 is 10.5 Å². The first-order chi connectivity index (χ1) is 12.6. The van der Waals surface area contributed by atoms with Gasteiger partial charge in [0.05, 0.1) is 22.2 Å². The van der Waals surface area contributed by atoms with Crippen molar-refractivity contribution in [2.24, 2.45) is 0 Å². The third-order valence-electron chi connectivity index (χ3n) is 4.37. The Hall–Kier alpha value is -2.73. The zero-order valence-corrected chi connectivity index (χ0v) is 15.7. The average Bonchev–Trinajstić information content (AvgIpc) is 2.87. The van der Waals surface area contributed by atoms with Gasteiger partial charge in [0.2, 0.25) is 0 Å². The number of benzene rings is 2. The van der Waals surface area contributed by atoms with Crippen molar-refractivity contribution in [2.45, 2.75) is 13.3 Å². The van der Waals surface area contributed by atoms with E-state index in [0.717, 1.165) is 22.1 Å². The summed E-state index contributed by atoms with van der Waals surface area (Å²) in [7, 11) is 0. The van der Waals surface area contributed by atoms with E-state index >= 15 is 0 Å². The molecule has 4 rings (SSSR count). The van der Waals surface area contributed by atoms with Gasteiger partial charge >= 0.3 is 0 Å². The van der Waals surface area contributed by atoms with E-state index in [2.05, 4.69) is 25.9 Å². The Balaban J connectivity index is 1.89. The molecule has 130 valence electrons. The molecule has 0 radical (unpaired) electrons. The molecule has 0 saturated heterocycles. The van der Waals surface area contributed by atoms with Crippen molar-refractivity contribution in [3.8, 4) is 0 Å². The third kappa shape index (κ3) is 2.76. The average molecular weight is 410 g/mol. The van der Waals surface area contributed by atoms with Crippen LogP contribution in [0.3, 0.4) is 0 Å². The predicted octanol–water partition coefficient (Wildman–Crippen LogP) is 3.98. The van der Waals surface area contributed by atoms with Crippen molar-refractivity contribution in [1.82, 2.24) is 9.97 Å². The second-order valence-corrected chi connectivity index (χ2v) is 7.06. The summed E-state index contributed by atoms with van der Waals surface area (Å²) >= 11 is 3.47. The van der Waals surface area contributed by atoms with Crippen molar-refractivity contribution in [3.63, 3.8) is 0 Å². The summed E-state index contributed by atoms with van der Waals surface area (Å²) < 4.78 is 0.897. The van der Waals surface area contributed by atoms with Crippen LogP contribution in [0, 0.1) is 0 Å². The van der Waals surface area contributed by atoms with Crippen LogP contribution in [0.4, 0.5) is 5.69 Å². The molecule has 0 atom stereocenters. The number of hydrogen-bond donors (Lipinski definition) is 1. The summed E-state index contributed by atoms with van der Waals surface area (Å²) in [6, 6.07) is 12.9. The number of halogens is 1. The molecule has 1 aromatic heterocycles. The first-order valence-electron chi connectivity index (χ1n) is 8.41. The van der Waals surface area contributed by atoms with E-state index in [9.17, 15) is 9.59 Å². The Bertz CT molecular complexity index is 1120. The molecule has 0 aliphatic carbocycles. The smallest absolute Gasteiger partial charge is 0.259 e. The summed E-state index contributed by atoms with van der Waals surface area (Å²) in [4.78, 5) is 34.3. The number of nitrogens with one attached hydrogen (secondary N) is 1. The molecule has 0 bridgehead atoms. The number of carbonyl (C=O) groups is 1. The van der Waals surface area contributed by atoms with Gasteiger partial charge in [-0.25, -0.2) is 4.98 Å². The van der Waals surface area contributed by atoms with Crippen LogP contribution in [-0.2, 0) is 4.79 Å². The molecule has 0 fully saturated rings. The van der Waals surface area contributed by atoms with Crippen molar-refractivity contribution in [1.29, 1.82) is 0 Å². The highest BCUT2D eigenvalue weighted by molar-refractivity contribution is 9.10. The second kappa shape index (κ2) is 6.53. The molecule has 5 nitrogen and oxygen atoms in total. The minimum atomic E-state index is -0.215. The summed E-state index contributed by atoms with van der Waals surface area (Å²) in [6.07, 6.45) is 2.52. The molecule has 2 heterocycles. The first kappa shape index (κ1) is 16.7. The fourth-order valence-corrected chi connectivity index (χ4v) is 3.59. The van der Waals surface area contributed by atoms with Crippen LogP contribution in [-0.4, -0.2) is 22.4 Å². The topological polar surface area (TPSA) is 66.1 Å². The maximum Gasteiger partial charge on any atom is 0.259 e. The van der Waals surface area contributed by atoms with Crippen molar-refractivity contribution in [2.75, 3.05) is 11.4 Å². The van der Waals surface area contributed by atoms with Crippen molar-refractivity contribution >= 4 is 50.1 Å². The molecule has 26 heavy (non-hydrogen) atoms. The van der Waals surface area contributed by atoms with Gasteiger partial charge in [0.15, 0.2) is 0 Å². The van der Waals surface area contributed by atoms with E-state index in [1.54, 1.807) is 29.2 Å². The zero-order valence-electron chi connectivity index (χ0n) is 14.1. The Morgan fingerprint density at radius 3 is 2.81 bits per heavy atom. The third-order valence-corrected chi connectivity index (χ3v) is 4.87. The standard InChI is InChI=1S/C20H16BrN3O2/c1-2-9-24-17-8-7-12(21)10-14(17)15(20(24)26)11-18-22-16-6-4-3-5-13(16)19(25)23-18/h3-8,10-11H,2,9H2,1H3,(H,22,23,25)/b15-11-. The van der Waals surface area contributed by atoms with Crippen molar-refractivity contribution in [3.05, 3.63) is 68.7 Å². The predicted molar refractivity (Wildman–Crippen MR) is 107 cm³/mol. The molecule has 3 aromatic rings. The number of aromatic amines is 1. The number of hydrogen-bond acceptors (Lipinski definition) is 3. The molecule has 0 unspecified atom stereocenters. The normalized spacial score (nSPS) is 15.1. The van der Waals surface area contributed by atoms with E-state index in [-0.39, 0.29) is 11.5 Å². The number of H-pyrrole nitrogens is 1. The molecule has 2 aromatic carbocycles. The van der Waals surface area contributed by atoms with Gasteiger partial charge in [-0.3, -0.25) is 9.59 Å². The molecule has 1 aliphatic heterocycles. The van der Waals surface area contributed by atoms with Crippen LogP contribution in [0.5, 0.6) is 0 Å². The lowest BCUT2D eigenvalue weighted by atomic mass is 10.1. The molecule has 0 saturated carbocycles. The monoisotopic (exact) mass is 409 g/mol. The molecular formula is C20H16BrN3O2. The van der Waals surface area contributed by atoms with Gasteiger partial charge in [-0.2, -0.15) is 0 Å². The van der Waals surface area contributed by atoms with Gasteiger partial charge in [0.1, 0.15) is 5.82 Å². The van der Waals surface area contributed by atoms with E-state index in [0.29, 0.717) is 28.8 Å². The SMILES string of the molecule is CCCN1C(=O)/C(=C\c2nc3ccccc3c(=O)[nH]2)c2cc(Br)ccc21. The summed E-state index contributed by atoms with van der Waals surface area (Å²) in [6.45, 7) is 2.68. The van der Waals surface area contributed by atoms with Gasteiger partial charge in [-0.05, 0) is 42.8 Å². The number of nitrogens with zero attached hydrogens (tertiary/aromatic N) is 2. The lowest BCUT2D eigenvalue weighted by Gasteiger charge is -2.15. The van der Waals surface area contributed by atoms with Gasteiger partial charge in [-0.15, -0.1) is 0 Å². The molecule has 1 N–H and O–H groups in total. The minimum absolute atomic E-state index is 0.0734. The summed E-state index contributed by atoms with van der Waals surface area (Å²) in [5.74, 6) is 0.303. The van der Waals surface area contributed by atoms with Gasteiger partial charge in [-0.1, -0.05) is 35.0 Å². The maximum absolute atomic E-state index is 12.9. The highest BCUT2D eigenvalue weighted by Crippen LogP contribution is 2.39. The quantitative estimate of drug-likeness (QED) is 0.665. The fraction of sp³-hybridized carbons (Fsp3) is 0.150. The Kier molecular flexibility index (Phi) is 4.20. The van der Waals surface area contributed by atoms with Crippen LogP contribution >= 0.6 is 15.9 Å². The number of anilines is 1. The summed E-state index contributed by atoms with van der Waals surface area (Å²) in [5, 5.41) is 0.531. The van der Waals surface area contributed by atoms with Crippen molar-refractivity contribution < 1.29 is 4.79 Å². The molecule has 6 heteroatoms. The zero-order chi connectivity index (χ0) is 18.3. The van der Waals surface area contributed by atoms with E-state index < -0.39 is 0 Å². The molecule has 1 aliphatic rings. The lowest BCUT2D eigenvalue weighted by Crippen LogP contribution is -2.27. The number of fused-ring (bicyclic) bond motifs is 2. The number of carbonyl (C=O) groups excluding carboxylic acids is 1. The lowest BCUT2D eigenvalue weighted by molar-refractivity contribution is -0.113. The van der Waals surface area contributed by atoms with E-state index in [4.69, 9.17) is 0 Å². The van der Waals surface area contributed by atoms with Crippen LogP contribution in [0.1, 0.15) is 24.7 Å². The van der Waals surface area contributed by atoms with Gasteiger partial charge in [0.25, 0.3) is 11.5 Å². The number of rotatable bonds is 3. The Labute approximate surface area is 158 Å². The molecular weight excluding hydrogens is 394 g/mol. The number of aromatic nitrogens is 2. The number of para-hydroxylation sites is 1. The van der Waals surface area contributed by atoms with Gasteiger partial charge in [0, 0.05) is 16.6 Å². The Morgan fingerprint density at radius 2 is 2.00 bits per heavy atom. The highest BCUT2D eigenvalue weighted by atomic mass is 79.9. The van der Waals surface area contributed by atoms with Crippen LogP contribution in [0.25, 0.3) is 22.6 Å². The Morgan fingerprint density at radius 1 is 1.19 bits per heavy atom. The van der Waals surface area contributed by atoms with Gasteiger partial charge < -0.3 is 9.88 Å². The first-order valence-corrected chi connectivity index (χ1v) is 9.20. The second-order valence-electron chi connectivity index (χ2n) is 6.14. The summed E-state index contributed by atoms with van der Waals surface area (Å²) in [5.41, 5.74) is 2.65.